The first-order chi connectivity index (χ1) is 9.33. The highest BCUT2D eigenvalue weighted by Crippen LogP contribution is 2.16. The fourth-order valence-electron chi connectivity index (χ4n) is 2.32. The largest absolute Gasteiger partial charge is 0.375 e. The molecular weight excluding hydrogens is 240 g/mol. The molecule has 2 aromatic rings. The van der Waals surface area contributed by atoms with Crippen LogP contribution in [0.1, 0.15) is 16.8 Å². The van der Waals surface area contributed by atoms with E-state index in [-0.39, 0.29) is 11.9 Å². The molecule has 1 aromatic heterocycles. The zero-order valence-corrected chi connectivity index (χ0v) is 10.6. The van der Waals surface area contributed by atoms with Crippen LogP contribution in [0.25, 0.3) is 10.9 Å². The monoisotopic (exact) mass is 256 g/mol. The maximum absolute atomic E-state index is 12.2. The number of nitrogens with one attached hydrogen (secondary N) is 1. The molecule has 3 rings (SSSR count). The average Bonchev–Trinajstić information content (AvgIpc) is 2.48. The summed E-state index contributed by atoms with van der Waals surface area (Å²) in [5, 5.41) is 4.28. The molecule has 1 saturated heterocycles. The van der Waals surface area contributed by atoms with Crippen molar-refractivity contribution < 1.29 is 9.53 Å². The maximum Gasteiger partial charge on any atom is 0.165 e. The predicted molar refractivity (Wildman–Crippen MR) is 73.3 cm³/mol. The normalized spacial score (nSPS) is 19.5. The number of carbonyl (C=O) groups excluding carboxylic acids is 1. The van der Waals surface area contributed by atoms with Crippen molar-refractivity contribution in [3.63, 3.8) is 0 Å². The lowest BCUT2D eigenvalue weighted by Gasteiger charge is -2.22. The lowest BCUT2D eigenvalue weighted by Crippen LogP contribution is -2.39. The number of pyridine rings is 1. The summed E-state index contributed by atoms with van der Waals surface area (Å²) in [4.78, 5) is 16.5. The Bertz CT molecular complexity index is 591. The third-order valence-electron chi connectivity index (χ3n) is 3.35. The Morgan fingerprint density at radius 3 is 3.21 bits per heavy atom. The molecule has 0 radical (unpaired) electrons. The van der Waals surface area contributed by atoms with Crippen molar-refractivity contribution in [1.82, 2.24) is 10.3 Å². The average molecular weight is 256 g/mol. The van der Waals surface area contributed by atoms with Gasteiger partial charge in [-0.25, -0.2) is 0 Å². The number of morpholine rings is 1. The van der Waals surface area contributed by atoms with E-state index in [2.05, 4.69) is 10.3 Å². The quantitative estimate of drug-likeness (QED) is 0.851. The Labute approximate surface area is 111 Å². The Kier molecular flexibility index (Phi) is 3.53. The van der Waals surface area contributed by atoms with Gasteiger partial charge in [-0.3, -0.25) is 9.78 Å². The summed E-state index contributed by atoms with van der Waals surface area (Å²) in [6.45, 7) is 2.29. The second-order valence-corrected chi connectivity index (χ2v) is 4.74. The van der Waals surface area contributed by atoms with E-state index in [1.165, 1.54) is 0 Å². The second kappa shape index (κ2) is 5.47. The van der Waals surface area contributed by atoms with E-state index in [4.69, 9.17) is 4.74 Å². The van der Waals surface area contributed by atoms with E-state index in [0.717, 1.165) is 24.0 Å². The van der Waals surface area contributed by atoms with Gasteiger partial charge in [0.1, 0.15) is 0 Å². The SMILES string of the molecule is O=C(CC1CNCCO1)c1ccc2cccnc2c1. The molecule has 0 spiro atoms. The van der Waals surface area contributed by atoms with Crippen molar-refractivity contribution in [2.75, 3.05) is 19.7 Å². The van der Waals surface area contributed by atoms with Gasteiger partial charge in [0.05, 0.1) is 18.2 Å². The topological polar surface area (TPSA) is 51.2 Å². The van der Waals surface area contributed by atoms with Gasteiger partial charge in [-0.05, 0) is 12.1 Å². The van der Waals surface area contributed by atoms with E-state index in [1.54, 1.807) is 6.20 Å². The molecule has 4 heteroatoms. The summed E-state index contributed by atoms with van der Waals surface area (Å²) in [5.74, 6) is 0.112. The van der Waals surface area contributed by atoms with Crippen LogP contribution in [0.4, 0.5) is 0 Å². The number of aromatic nitrogens is 1. The third kappa shape index (κ3) is 2.80. The predicted octanol–water partition coefficient (Wildman–Crippen LogP) is 1.80. The van der Waals surface area contributed by atoms with Gasteiger partial charge in [-0.1, -0.05) is 18.2 Å². The van der Waals surface area contributed by atoms with E-state index in [9.17, 15) is 4.79 Å². The summed E-state index contributed by atoms with van der Waals surface area (Å²) in [6, 6.07) is 9.54. The number of ketones is 1. The highest BCUT2D eigenvalue weighted by atomic mass is 16.5. The number of nitrogens with zero attached hydrogens (tertiary/aromatic N) is 1. The van der Waals surface area contributed by atoms with Gasteiger partial charge < -0.3 is 10.1 Å². The van der Waals surface area contributed by atoms with Crippen LogP contribution in [0.15, 0.2) is 36.5 Å². The van der Waals surface area contributed by atoms with Crippen LogP contribution in [-0.4, -0.2) is 36.6 Å². The summed E-state index contributed by atoms with van der Waals surface area (Å²) >= 11 is 0. The minimum atomic E-state index is -0.0133. The fraction of sp³-hybridized carbons (Fsp3) is 0.333. The summed E-state index contributed by atoms with van der Waals surface area (Å²) < 4.78 is 5.56. The zero-order chi connectivity index (χ0) is 13.1. The number of Topliss-reactive ketones (excluding diaryl/α,β-unsaturated/α-hetero) is 1. The molecule has 1 aliphatic rings. The molecule has 4 nitrogen and oxygen atoms in total. The van der Waals surface area contributed by atoms with Gasteiger partial charge in [0.15, 0.2) is 5.78 Å². The first-order valence-corrected chi connectivity index (χ1v) is 6.53. The summed E-state index contributed by atoms with van der Waals surface area (Å²) in [6.07, 6.45) is 2.15. The molecule has 1 aliphatic heterocycles. The molecule has 1 unspecified atom stereocenters. The standard InChI is InChI=1S/C15H16N2O2/c18-15(9-13-10-16-6-7-19-13)12-4-3-11-2-1-5-17-14(11)8-12/h1-5,8,13,16H,6-7,9-10H2. The molecule has 0 aliphatic carbocycles. The maximum atomic E-state index is 12.2. The molecule has 19 heavy (non-hydrogen) atoms. The van der Waals surface area contributed by atoms with Crippen molar-refractivity contribution in [3.8, 4) is 0 Å². The van der Waals surface area contributed by atoms with Gasteiger partial charge in [-0.2, -0.15) is 0 Å². The van der Waals surface area contributed by atoms with Crippen LogP contribution in [0.5, 0.6) is 0 Å². The summed E-state index contributed by atoms with van der Waals surface area (Å²) in [7, 11) is 0. The molecule has 1 fully saturated rings. The number of carbonyl (C=O) groups is 1. The Morgan fingerprint density at radius 1 is 1.42 bits per heavy atom. The van der Waals surface area contributed by atoms with E-state index >= 15 is 0 Å². The van der Waals surface area contributed by atoms with Crippen LogP contribution >= 0.6 is 0 Å². The third-order valence-corrected chi connectivity index (χ3v) is 3.35. The van der Waals surface area contributed by atoms with Crippen LogP contribution in [0.2, 0.25) is 0 Å². The van der Waals surface area contributed by atoms with Gasteiger partial charge in [0.2, 0.25) is 0 Å². The number of benzene rings is 1. The smallest absolute Gasteiger partial charge is 0.165 e. The van der Waals surface area contributed by atoms with Crippen LogP contribution in [0, 0.1) is 0 Å². The molecule has 98 valence electrons. The molecule has 1 atom stereocenters. The molecule has 0 saturated carbocycles. The second-order valence-electron chi connectivity index (χ2n) is 4.74. The zero-order valence-electron chi connectivity index (χ0n) is 10.6. The van der Waals surface area contributed by atoms with E-state index < -0.39 is 0 Å². The molecular formula is C15H16N2O2. The van der Waals surface area contributed by atoms with Crippen molar-refractivity contribution in [2.24, 2.45) is 0 Å². The first-order valence-electron chi connectivity index (χ1n) is 6.53. The lowest BCUT2D eigenvalue weighted by molar-refractivity contribution is 0.0240. The van der Waals surface area contributed by atoms with E-state index in [1.807, 2.05) is 30.3 Å². The van der Waals surface area contributed by atoms with Crippen molar-refractivity contribution in [2.45, 2.75) is 12.5 Å². The fourth-order valence-corrected chi connectivity index (χ4v) is 2.32. The first kappa shape index (κ1) is 12.3. The lowest BCUT2D eigenvalue weighted by atomic mass is 10.0. The summed E-state index contributed by atoms with van der Waals surface area (Å²) in [5.41, 5.74) is 1.57. The van der Waals surface area contributed by atoms with Crippen LogP contribution in [-0.2, 0) is 4.74 Å². The van der Waals surface area contributed by atoms with Crippen molar-refractivity contribution >= 4 is 16.7 Å². The van der Waals surface area contributed by atoms with Crippen molar-refractivity contribution in [3.05, 3.63) is 42.1 Å². The van der Waals surface area contributed by atoms with Gasteiger partial charge in [-0.15, -0.1) is 0 Å². The highest BCUT2D eigenvalue weighted by molar-refractivity contribution is 5.99. The number of fused-ring (bicyclic) bond motifs is 1. The molecule has 1 aromatic carbocycles. The molecule has 0 amide bonds. The van der Waals surface area contributed by atoms with Gasteiger partial charge in [0.25, 0.3) is 0 Å². The van der Waals surface area contributed by atoms with E-state index in [0.29, 0.717) is 18.6 Å². The Balaban J connectivity index is 1.77. The van der Waals surface area contributed by atoms with Crippen LogP contribution < -0.4 is 5.32 Å². The van der Waals surface area contributed by atoms with Gasteiger partial charge >= 0.3 is 0 Å². The van der Waals surface area contributed by atoms with Gasteiger partial charge in [0, 0.05) is 36.7 Å². The van der Waals surface area contributed by atoms with Crippen LogP contribution in [0.3, 0.4) is 0 Å². The van der Waals surface area contributed by atoms with Crippen molar-refractivity contribution in [1.29, 1.82) is 0 Å². The Morgan fingerprint density at radius 2 is 2.37 bits per heavy atom. The minimum absolute atomic E-state index is 0.0133. The number of ether oxygens (including phenoxy) is 1. The molecule has 1 N–H and O–H groups in total. The number of rotatable bonds is 3. The Hall–Kier alpha value is -1.78. The minimum Gasteiger partial charge on any atom is -0.375 e. The highest BCUT2D eigenvalue weighted by Gasteiger charge is 2.18. The molecule has 2 heterocycles. The number of hydrogen-bond donors (Lipinski definition) is 1. The molecule has 0 bridgehead atoms. The number of hydrogen-bond acceptors (Lipinski definition) is 4.